The predicted molar refractivity (Wildman–Crippen MR) is 147 cm³/mol. The van der Waals surface area contributed by atoms with Crippen molar-refractivity contribution in [1.82, 2.24) is 9.88 Å². The quantitative estimate of drug-likeness (QED) is 0.555. The van der Waals surface area contributed by atoms with Crippen LogP contribution in [0.25, 0.3) is 0 Å². The molecule has 0 radical (unpaired) electrons. The first-order valence-electron chi connectivity index (χ1n) is 13.5. The first-order valence-corrected chi connectivity index (χ1v) is 16.0. The summed E-state index contributed by atoms with van der Waals surface area (Å²) in [4.78, 5) is 33.6. The van der Waals surface area contributed by atoms with Gasteiger partial charge in [0.25, 0.3) is 0 Å². The smallest absolute Gasteiger partial charge is 0.241 e. The minimum atomic E-state index is -3.75. The standard InChI is InChI=1S/C28H37N3O5S2/c1-17(26(34)31-13-7-8-14-31)20-11-12-28(3)15-21-24(18(2)23(28)25(20)33)30-27(37-21)29-22(32)16-38(35,36)19-9-5-4-6-10-19/h4-6,9-10,17-18,20,23,25,33H,7-8,11-16H2,1-3H3,(H,29,30,32)/t17-,18-,20?,23+,25-,28-/m0/s1. The molecule has 5 rings (SSSR count). The van der Waals surface area contributed by atoms with Crippen LogP contribution in [0.4, 0.5) is 5.13 Å². The van der Waals surface area contributed by atoms with Crippen molar-refractivity contribution in [2.75, 3.05) is 24.2 Å². The summed E-state index contributed by atoms with van der Waals surface area (Å²) in [5, 5.41) is 14.7. The second kappa shape index (κ2) is 10.4. The molecular formula is C28H37N3O5S2. The molecule has 1 saturated heterocycles. The molecule has 2 fully saturated rings. The summed E-state index contributed by atoms with van der Waals surface area (Å²) >= 11 is 1.39. The van der Waals surface area contributed by atoms with Gasteiger partial charge < -0.3 is 15.3 Å². The maximum atomic E-state index is 13.1. The zero-order chi connectivity index (χ0) is 27.2. The van der Waals surface area contributed by atoms with E-state index in [-0.39, 0.29) is 39.9 Å². The van der Waals surface area contributed by atoms with Crippen LogP contribution in [-0.4, -0.2) is 60.2 Å². The highest BCUT2D eigenvalue weighted by Gasteiger charge is 2.54. The Morgan fingerprint density at radius 1 is 1.24 bits per heavy atom. The molecule has 2 heterocycles. The van der Waals surface area contributed by atoms with E-state index in [1.165, 1.54) is 23.5 Å². The Morgan fingerprint density at radius 2 is 1.92 bits per heavy atom. The average molecular weight is 560 g/mol. The van der Waals surface area contributed by atoms with E-state index < -0.39 is 27.6 Å². The minimum Gasteiger partial charge on any atom is -0.392 e. The Kier molecular flexibility index (Phi) is 7.43. The maximum Gasteiger partial charge on any atom is 0.241 e. The highest BCUT2D eigenvalue weighted by atomic mass is 32.2. The van der Waals surface area contributed by atoms with Crippen molar-refractivity contribution in [2.45, 2.75) is 69.8 Å². The van der Waals surface area contributed by atoms with Gasteiger partial charge in [-0.15, -0.1) is 11.3 Å². The van der Waals surface area contributed by atoms with Gasteiger partial charge in [-0.25, -0.2) is 13.4 Å². The molecule has 38 heavy (non-hydrogen) atoms. The van der Waals surface area contributed by atoms with Crippen molar-refractivity contribution in [3.63, 3.8) is 0 Å². The van der Waals surface area contributed by atoms with Crippen LogP contribution in [0.3, 0.4) is 0 Å². The third-order valence-electron chi connectivity index (χ3n) is 9.04. The first kappa shape index (κ1) is 27.3. The minimum absolute atomic E-state index is 0.0494. The zero-order valence-corrected chi connectivity index (χ0v) is 23.9. The van der Waals surface area contributed by atoms with Crippen LogP contribution < -0.4 is 5.32 Å². The second-order valence-corrected chi connectivity index (χ2v) is 14.7. The number of carbonyl (C=O) groups excluding carboxylic acids is 2. The van der Waals surface area contributed by atoms with E-state index in [0.717, 1.165) is 55.8 Å². The maximum absolute atomic E-state index is 13.1. The molecule has 1 saturated carbocycles. The number of rotatable bonds is 6. The fourth-order valence-corrected chi connectivity index (χ4v) is 9.48. The van der Waals surface area contributed by atoms with E-state index in [9.17, 15) is 23.1 Å². The topological polar surface area (TPSA) is 117 Å². The fourth-order valence-electron chi connectivity index (χ4n) is 7.05. The van der Waals surface area contributed by atoms with Gasteiger partial charge in [0.15, 0.2) is 15.0 Å². The molecule has 1 aromatic heterocycles. The van der Waals surface area contributed by atoms with Crippen LogP contribution in [0, 0.1) is 23.2 Å². The second-order valence-electron chi connectivity index (χ2n) is 11.6. The predicted octanol–water partition coefficient (Wildman–Crippen LogP) is 3.87. The van der Waals surface area contributed by atoms with Crippen LogP contribution in [0.2, 0.25) is 0 Å². The lowest BCUT2D eigenvalue weighted by Gasteiger charge is -2.53. The van der Waals surface area contributed by atoms with Gasteiger partial charge in [0.1, 0.15) is 5.75 Å². The van der Waals surface area contributed by atoms with Crippen LogP contribution in [0.15, 0.2) is 35.2 Å². The fraction of sp³-hybridized carbons (Fsp3) is 0.607. The van der Waals surface area contributed by atoms with Crippen molar-refractivity contribution in [2.24, 2.45) is 23.2 Å². The number of nitrogens with one attached hydrogen (secondary N) is 1. The molecule has 2 aliphatic carbocycles. The summed E-state index contributed by atoms with van der Waals surface area (Å²) in [5.74, 6) is -1.53. The van der Waals surface area contributed by atoms with Crippen LogP contribution in [0.5, 0.6) is 0 Å². The molecule has 10 heteroatoms. The van der Waals surface area contributed by atoms with Gasteiger partial charge in [-0.05, 0) is 61.5 Å². The molecule has 3 aliphatic rings. The number of amides is 2. The van der Waals surface area contributed by atoms with Gasteiger partial charge in [0.2, 0.25) is 11.8 Å². The van der Waals surface area contributed by atoms with Gasteiger partial charge in [-0.1, -0.05) is 39.0 Å². The van der Waals surface area contributed by atoms with Crippen LogP contribution in [0.1, 0.15) is 62.9 Å². The van der Waals surface area contributed by atoms with E-state index in [4.69, 9.17) is 4.98 Å². The first-order chi connectivity index (χ1) is 18.0. The molecule has 1 aromatic carbocycles. The highest BCUT2D eigenvalue weighted by Crippen LogP contribution is 2.57. The summed E-state index contributed by atoms with van der Waals surface area (Å²) in [6.45, 7) is 7.88. The van der Waals surface area contributed by atoms with Crippen molar-refractivity contribution < 1.29 is 23.1 Å². The number of thiazole rings is 1. The van der Waals surface area contributed by atoms with E-state index in [1.54, 1.807) is 18.2 Å². The number of likely N-dealkylation sites (tertiary alicyclic amines) is 1. The molecule has 6 atom stereocenters. The van der Waals surface area contributed by atoms with Gasteiger partial charge in [-0.3, -0.25) is 9.59 Å². The Balaban J connectivity index is 1.31. The molecule has 2 aromatic rings. The van der Waals surface area contributed by atoms with Crippen molar-refractivity contribution in [1.29, 1.82) is 0 Å². The number of anilines is 1. The lowest BCUT2D eigenvalue weighted by atomic mass is 9.53. The largest absolute Gasteiger partial charge is 0.392 e. The number of fused-ring (bicyclic) bond motifs is 2. The molecule has 206 valence electrons. The molecular weight excluding hydrogens is 522 g/mol. The van der Waals surface area contributed by atoms with E-state index in [1.807, 2.05) is 11.8 Å². The normalized spacial score (nSPS) is 29.8. The number of aliphatic hydroxyl groups is 1. The Bertz CT molecular complexity index is 1300. The number of aliphatic hydroxyl groups excluding tert-OH is 1. The van der Waals surface area contributed by atoms with Crippen LogP contribution in [-0.2, 0) is 25.8 Å². The number of aromatic nitrogens is 1. The molecule has 1 unspecified atom stereocenters. The van der Waals surface area contributed by atoms with Gasteiger partial charge in [0, 0.05) is 29.8 Å². The Labute approximate surface area is 228 Å². The number of nitrogens with zero attached hydrogens (tertiary/aromatic N) is 2. The van der Waals surface area contributed by atoms with Crippen LogP contribution >= 0.6 is 11.3 Å². The SMILES string of the molecule is C[C@H](C(=O)N1CCCC1)C1CC[C@@]2(C)Cc3sc(NC(=O)CS(=O)(=O)c4ccccc4)nc3[C@@H](C)[C@@H]2[C@H]1O. The summed E-state index contributed by atoms with van der Waals surface area (Å²) < 4.78 is 25.2. The molecule has 1 aliphatic heterocycles. The van der Waals surface area contributed by atoms with E-state index in [0.29, 0.717) is 5.13 Å². The third kappa shape index (κ3) is 5.02. The zero-order valence-electron chi connectivity index (χ0n) is 22.2. The number of hydrogen-bond donors (Lipinski definition) is 2. The van der Waals surface area contributed by atoms with Crippen molar-refractivity contribution >= 4 is 38.1 Å². The molecule has 2 N–H and O–H groups in total. The number of benzene rings is 1. The molecule has 2 amide bonds. The van der Waals surface area contributed by atoms with Gasteiger partial charge in [0.05, 0.1) is 16.7 Å². The molecule has 0 spiro atoms. The summed E-state index contributed by atoms with van der Waals surface area (Å²) in [6.07, 6.45) is 3.94. The molecule has 0 bridgehead atoms. The monoisotopic (exact) mass is 559 g/mol. The lowest BCUT2D eigenvalue weighted by molar-refractivity contribution is -0.143. The van der Waals surface area contributed by atoms with Crippen molar-refractivity contribution in [3.8, 4) is 0 Å². The summed E-state index contributed by atoms with van der Waals surface area (Å²) in [5.41, 5.74) is 0.723. The molecule has 8 nitrogen and oxygen atoms in total. The highest BCUT2D eigenvalue weighted by molar-refractivity contribution is 7.92. The average Bonchev–Trinajstić information content (AvgIpc) is 3.53. The van der Waals surface area contributed by atoms with Crippen molar-refractivity contribution in [3.05, 3.63) is 40.9 Å². The van der Waals surface area contributed by atoms with Gasteiger partial charge >= 0.3 is 0 Å². The summed E-state index contributed by atoms with van der Waals surface area (Å²) in [7, 11) is -3.75. The number of sulfone groups is 1. The van der Waals surface area contributed by atoms with E-state index in [2.05, 4.69) is 19.2 Å². The summed E-state index contributed by atoms with van der Waals surface area (Å²) in [6, 6.07) is 7.94. The Morgan fingerprint density at radius 3 is 2.61 bits per heavy atom. The third-order valence-corrected chi connectivity index (χ3v) is 11.7. The number of hydrogen-bond acceptors (Lipinski definition) is 7. The Hall–Kier alpha value is -2.30. The van der Waals surface area contributed by atoms with Gasteiger partial charge in [-0.2, -0.15) is 0 Å². The number of carbonyl (C=O) groups is 2. The lowest BCUT2D eigenvalue weighted by Crippen LogP contribution is -2.53. The van der Waals surface area contributed by atoms with E-state index >= 15 is 0 Å².